The molecule has 8 heteroatoms. The van der Waals surface area contributed by atoms with Crippen molar-refractivity contribution in [1.82, 2.24) is 19.9 Å². The highest BCUT2D eigenvalue weighted by molar-refractivity contribution is 7.89. The van der Waals surface area contributed by atoms with E-state index in [1.165, 1.54) is 18.5 Å². The number of rotatable bonds is 5. The Morgan fingerprint density at radius 1 is 1.39 bits per heavy atom. The van der Waals surface area contributed by atoms with Crippen LogP contribution in [0.25, 0.3) is 0 Å². The minimum Gasteiger partial charge on any atom is -0.399 e. The topological polar surface area (TPSA) is 114 Å². The van der Waals surface area contributed by atoms with Gasteiger partial charge in [0.1, 0.15) is 12.2 Å². The summed E-state index contributed by atoms with van der Waals surface area (Å²) in [4.78, 5) is 4.05. The molecule has 1 aromatic carbocycles. The number of anilines is 1. The number of H-pyrrole nitrogens is 1. The zero-order chi connectivity index (χ0) is 13.0. The normalized spacial score (nSPS) is 11.6. The Hall–Kier alpha value is -1.93. The zero-order valence-corrected chi connectivity index (χ0v) is 10.3. The summed E-state index contributed by atoms with van der Waals surface area (Å²) in [5.74, 6) is 0.630. The zero-order valence-electron chi connectivity index (χ0n) is 9.50. The first kappa shape index (κ1) is 12.5. The molecule has 96 valence electrons. The minimum absolute atomic E-state index is 0.153. The Morgan fingerprint density at radius 2 is 2.22 bits per heavy atom. The number of hydrogen-bond acceptors (Lipinski definition) is 5. The van der Waals surface area contributed by atoms with E-state index in [4.69, 9.17) is 5.73 Å². The highest BCUT2D eigenvalue weighted by atomic mass is 32.2. The molecule has 1 aromatic heterocycles. The van der Waals surface area contributed by atoms with Crippen LogP contribution in [-0.2, 0) is 16.4 Å². The fourth-order valence-electron chi connectivity index (χ4n) is 1.42. The highest BCUT2D eigenvalue weighted by Crippen LogP contribution is 2.12. The van der Waals surface area contributed by atoms with Gasteiger partial charge in [0.05, 0.1) is 4.90 Å². The van der Waals surface area contributed by atoms with Gasteiger partial charge in [-0.05, 0) is 18.2 Å². The predicted molar refractivity (Wildman–Crippen MR) is 66.1 cm³/mol. The summed E-state index contributed by atoms with van der Waals surface area (Å²) in [7, 11) is -3.53. The number of nitrogens with zero attached hydrogens (tertiary/aromatic N) is 2. The van der Waals surface area contributed by atoms with Crippen molar-refractivity contribution in [2.45, 2.75) is 11.3 Å². The van der Waals surface area contributed by atoms with Crippen molar-refractivity contribution in [2.24, 2.45) is 0 Å². The van der Waals surface area contributed by atoms with Crippen LogP contribution < -0.4 is 10.5 Å². The van der Waals surface area contributed by atoms with Crippen LogP contribution in [0.3, 0.4) is 0 Å². The first-order valence-electron chi connectivity index (χ1n) is 5.27. The van der Waals surface area contributed by atoms with Gasteiger partial charge >= 0.3 is 0 Å². The number of nitrogen functional groups attached to an aromatic ring is 1. The third-order valence-electron chi connectivity index (χ3n) is 2.29. The van der Waals surface area contributed by atoms with Gasteiger partial charge in [-0.1, -0.05) is 6.07 Å². The summed E-state index contributed by atoms with van der Waals surface area (Å²) in [5, 5.41) is 6.33. The molecule has 0 bridgehead atoms. The monoisotopic (exact) mass is 267 g/mol. The summed E-state index contributed by atoms with van der Waals surface area (Å²) < 4.78 is 26.3. The molecule has 18 heavy (non-hydrogen) atoms. The van der Waals surface area contributed by atoms with E-state index < -0.39 is 10.0 Å². The van der Waals surface area contributed by atoms with Gasteiger partial charge in [-0.2, -0.15) is 5.10 Å². The molecule has 2 aromatic rings. The first-order valence-corrected chi connectivity index (χ1v) is 6.76. The fourth-order valence-corrected chi connectivity index (χ4v) is 2.51. The lowest BCUT2D eigenvalue weighted by molar-refractivity contribution is 0.581. The Bertz CT molecular complexity index is 609. The maximum atomic E-state index is 11.9. The summed E-state index contributed by atoms with van der Waals surface area (Å²) in [6.45, 7) is 0.242. The number of benzene rings is 1. The van der Waals surface area contributed by atoms with Gasteiger partial charge in [-0.3, -0.25) is 5.10 Å². The Balaban J connectivity index is 1.99. The third kappa shape index (κ3) is 3.05. The molecular formula is C10H13N5O2S. The molecule has 0 atom stereocenters. The van der Waals surface area contributed by atoms with Crippen molar-refractivity contribution in [1.29, 1.82) is 0 Å². The number of sulfonamides is 1. The van der Waals surface area contributed by atoms with Crippen molar-refractivity contribution in [2.75, 3.05) is 12.3 Å². The number of nitrogens with one attached hydrogen (secondary N) is 2. The van der Waals surface area contributed by atoms with Crippen LogP contribution in [-0.4, -0.2) is 30.1 Å². The summed E-state index contributed by atoms with van der Waals surface area (Å²) in [6, 6.07) is 6.14. The van der Waals surface area contributed by atoms with E-state index in [0.717, 1.165) is 0 Å². The van der Waals surface area contributed by atoms with Crippen molar-refractivity contribution < 1.29 is 8.42 Å². The SMILES string of the molecule is Nc1cccc(S(=O)(=O)NCCc2ncn[nH]2)c1. The first-order chi connectivity index (χ1) is 8.58. The molecule has 0 aliphatic heterocycles. The van der Waals surface area contributed by atoms with Crippen LogP contribution in [0.2, 0.25) is 0 Å². The molecular weight excluding hydrogens is 254 g/mol. The second-order valence-electron chi connectivity index (χ2n) is 3.65. The van der Waals surface area contributed by atoms with Gasteiger partial charge in [0.2, 0.25) is 10.0 Å². The Morgan fingerprint density at radius 3 is 2.89 bits per heavy atom. The molecule has 0 unspecified atom stereocenters. The molecule has 0 aliphatic rings. The molecule has 0 saturated carbocycles. The molecule has 0 spiro atoms. The van der Waals surface area contributed by atoms with E-state index in [1.54, 1.807) is 12.1 Å². The van der Waals surface area contributed by atoms with Gasteiger partial charge in [-0.15, -0.1) is 0 Å². The fraction of sp³-hybridized carbons (Fsp3) is 0.200. The highest BCUT2D eigenvalue weighted by Gasteiger charge is 2.13. The van der Waals surface area contributed by atoms with Crippen LogP contribution in [0.5, 0.6) is 0 Å². The summed E-state index contributed by atoms with van der Waals surface area (Å²) in [6.07, 6.45) is 1.82. The van der Waals surface area contributed by atoms with E-state index in [0.29, 0.717) is 17.9 Å². The number of aromatic nitrogens is 3. The van der Waals surface area contributed by atoms with Crippen molar-refractivity contribution in [3.05, 3.63) is 36.4 Å². The number of nitrogens with two attached hydrogens (primary N) is 1. The van der Waals surface area contributed by atoms with Gasteiger partial charge in [-0.25, -0.2) is 18.1 Å². The second kappa shape index (κ2) is 5.15. The summed E-state index contributed by atoms with van der Waals surface area (Å²) >= 11 is 0. The molecule has 0 amide bonds. The van der Waals surface area contributed by atoms with E-state index in [1.807, 2.05) is 0 Å². The van der Waals surface area contributed by atoms with Gasteiger partial charge in [0.15, 0.2) is 0 Å². The molecule has 1 heterocycles. The van der Waals surface area contributed by atoms with Crippen molar-refractivity contribution >= 4 is 15.7 Å². The lowest BCUT2D eigenvalue weighted by atomic mass is 10.3. The lowest BCUT2D eigenvalue weighted by Crippen LogP contribution is -2.26. The quantitative estimate of drug-likeness (QED) is 0.655. The average Bonchev–Trinajstić information content (AvgIpc) is 2.82. The molecule has 2 rings (SSSR count). The van der Waals surface area contributed by atoms with Gasteiger partial charge < -0.3 is 5.73 Å². The van der Waals surface area contributed by atoms with E-state index >= 15 is 0 Å². The maximum absolute atomic E-state index is 11.9. The smallest absolute Gasteiger partial charge is 0.240 e. The van der Waals surface area contributed by atoms with Crippen LogP contribution >= 0.6 is 0 Å². The van der Waals surface area contributed by atoms with Crippen LogP contribution in [0.15, 0.2) is 35.5 Å². The van der Waals surface area contributed by atoms with Gasteiger partial charge in [0, 0.05) is 18.7 Å². The lowest BCUT2D eigenvalue weighted by Gasteiger charge is -2.06. The maximum Gasteiger partial charge on any atom is 0.240 e. The van der Waals surface area contributed by atoms with Crippen LogP contribution in [0.4, 0.5) is 5.69 Å². The largest absolute Gasteiger partial charge is 0.399 e. The van der Waals surface area contributed by atoms with E-state index in [9.17, 15) is 8.42 Å². The molecule has 0 radical (unpaired) electrons. The van der Waals surface area contributed by atoms with E-state index in [2.05, 4.69) is 19.9 Å². The standard InChI is InChI=1S/C10H13N5O2S/c11-8-2-1-3-9(6-8)18(16,17)14-5-4-10-12-7-13-15-10/h1-3,6-7,14H,4-5,11H2,(H,12,13,15). The minimum atomic E-state index is -3.53. The molecule has 0 saturated heterocycles. The molecule has 4 N–H and O–H groups in total. The number of hydrogen-bond donors (Lipinski definition) is 3. The molecule has 0 fully saturated rings. The molecule has 7 nitrogen and oxygen atoms in total. The summed E-state index contributed by atoms with van der Waals surface area (Å²) in [5.41, 5.74) is 5.96. The van der Waals surface area contributed by atoms with Crippen molar-refractivity contribution in [3.63, 3.8) is 0 Å². The number of aromatic amines is 1. The Labute approximate surface area is 104 Å². The van der Waals surface area contributed by atoms with Crippen LogP contribution in [0.1, 0.15) is 5.82 Å². The van der Waals surface area contributed by atoms with Gasteiger partial charge in [0.25, 0.3) is 0 Å². The molecule has 0 aliphatic carbocycles. The second-order valence-corrected chi connectivity index (χ2v) is 5.42. The van der Waals surface area contributed by atoms with E-state index in [-0.39, 0.29) is 11.4 Å². The average molecular weight is 267 g/mol. The predicted octanol–water partition coefficient (Wildman–Crippen LogP) is -0.0921. The van der Waals surface area contributed by atoms with Crippen LogP contribution in [0, 0.1) is 0 Å². The third-order valence-corrected chi connectivity index (χ3v) is 3.75. The Kier molecular flexibility index (Phi) is 3.58. The van der Waals surface area contributed by atoms with Crippen molar-refractivity contribution in [3.8, 4) is 0 Å².